The molecule has 1 aliphatic heterocycles. The monoisotopic (exact) mass is 386 g/mol. The summed E-state index contributed by atoms with van der Waals surface area (Å²) in [6.45, 7) is 0.636. The second-order valence-corrected chi connectivity index (χ2v) is 6.92. The van der Waals surface area contributed by atoms with Crippen molar-refractivity contribution in [2.45, 2.75) is 12.8 Å². The van der Waals surface area contributed by atoms with Gasteiger partial charge >= 0.3 is 0 Å². The van der Waals surface area contributed by atoms with Gasteiger partial charge in [0, 0.05) is 23.5 Å². The lowest BCUT2D eigenvalue weighted by Gasteiger charge is -2.30. The number of fused-ring (bicyclic) bond motifs is 1. The molecule has 0 atom stereocenters. The van der Waals surface area contributed by atoms with E-state index in [1.54, 1.807) is 0 Å². The Morgan fingerprint density at radius 1 is 0.931 bits per heavy atom. The maximum absolute atomic E-state index is 12.9. The Morgan fingerprint density at radius 2 is 1.66 bits per heavy atom. The molecule has 0 saturated carbocycles. The zero-order valence-corrected chi connectivity index (χ0v) is 16.0. The number of benzene rings is 3. The van der Waals surface area contributed by atoms with Crippen LogP contribution < -0.4 is 15.0 Å². The standard InChI is InChI=1S/C24H22N2O3/c27-23(17-29-21-11-5-2-6-12-21)25-20-13-14-22-19(16-20)10-7-15-26(22)24(28)18-8-3-1-4-9-18/h1-6,8-9,11-14,16H,7,10,15,17H2,(H,25,27). The molecule has 3 aromatic carbocycles. The summed E-state index contributed by atoms with van der Waals surface area (Å²) >= 11 is 0. The Hall–Kier alpha value is -3.60. The summed E-state index contributed by atoms with van der Waals surface area (Å²) in [6, 6.07) is 24.2. The maximum atomic E-state index is 12.9. The van der Waals surface area contributed by atoms with Gasteiger partial charge in [0.25, 0.3) is 11.8 Å². The second-order valence-electron chi connectivity index (χ2n) is 6.92. The van der Waals surface area contributed by atoms with Crippen LogP contribution in [0.4, 0.5) is 11.4 Å². The predicted molar refractivity (Wildman–Crippen MR) is 113 cm³/mol. The molecule has 1 N–H and O–H groups in total. The van der Waals surface area contributed by atoms with Gasteiger partial charge in [0.2, 0.25) is 0 Å². The van der Waals surface area contributed by atoms with Crippen molar-refractivity contribution in [1.82, 2.24) is 0 Å². The molecular weight excluding hydrogens is 364 g/mol. The van der Waals surface area contributed by atoms with Crippen LogP contribution >= 0.6 is 0 Å². The van der Waals surface area contributed by atoms with E-state index in [0.29, 0.717) is 23.5 Å². The van der Waals surface area contributed by atoms with Crippen LogP contribution in [-0.4, -0.2) is 25.0 Å². The first-order valence-corrected chi connectivity index (χ1v) is 9.68. The van der Waals surface area contributed by atoms with Crippen molar-refractivity contribution in [3.05, 3.63) is 90.0 Å². The number of carbonyl (C=O) groups excluding carboxylic acids is 2. The lowest BCUT2D eigenvalue weighted by Crippen LogP contribution is -2.35. The van der Waals surface area contributed by atoms with Crippen molar-refractivity contribution < 1.29 is 14.3 Å². The number of para-hydroxylation sites is 1. The summed E-state index contributed by atoms with van der Waals surface area (Å²) in [5.41, 5.74) is 3.35. The molecule has 29 heavy (non-hydrogen) atoms. The van der Waals surface area contributed by atoms with Gasteiger partial charge in [-0.3, -0.25) is 9.59 Å². The van der Waals surface area contributed by atoms with Crippen molar-refractivity contribution in [3.8, 4) is 5.75 Å². The topological polar surface area (TPSA) is 58.6 Å². The number of carbonyl (C=O) groups is 2. The molecule has 0 fully saturated rings. The third kappa shape index (κ3) is 4.46. The fraction of sp³-hybridized carbons (Fsp3) is 0.167. The Balaban J connectivity index is 1.44. The molecule has 0 saturated heterocycles. The van der Waals surface area contributed by atoms with E-state index in [0.717, 1.165) is 24.1 Å². The first kappa shape index (κ1) is 18.7. The first-order chi connectivity index (χ1) is 14.2. The largest absolute Gasteiger partial charge is 0.484 e. The summed E-state index contributed by atoms with van der Waals surface area (Å²) in [4.78, 5) is 26.9. The number of anilines is 2. The molecule has 1 heterocycles. The SMILES string of the molecule is O=C(COc1ccccc1)Nc1ccc2c(c1)CCCN2C(=O)c1ccccc1. The van der Waals surface area contributed by atoms with Gasteiger partial charge in [-0.25, -0.2) is 0 Å². The van der Waals surface area contributed by atoms with Crippen LogP contribution in [0.15, 0.2) is 78.9 Å². The molecule has 0 spiro atoms. The van der Waals surface area contributed by atoms with Crippen LogP contribution in [0.3, 0.4) is 0 Å². The van der Waals surface area contributed by atoms with Crippen LogP contribution in [0.2, 0.25) is 0 Å². The van der Waals surface area contributed by atoms with Crippen molar-refractivity contribution in [1.29, 1.82) is 0 Å². The fourth-order valence-electron chi connectivity index (χ4n) is 3.49. The normalized spacial score (nSPS) is 12.8. The summed E-state index contributed by atoms with van der Waals surface area (Å²) in [5.74, 6) is 0.435. The third-order valence-corrected chi connectivity index (χ3v) is 4.86. The molecule has 3 aromatic rings. The van der Waals surface area contributed by atoms with Crippen LogP contribution in [0.1, 0.15) is 22.3 Å². The first-order valence-electron chi connectivity index (χ1n) is 9.68. The van der Waals surface area contributed by atoms with Crippen molar-refractivity contribution in [3.63, 3.8) is 0 Å². The van der Waals surface area contributed by atoms with Crippen LogP contribution in [0.5, 0.6) is 5.75 Å². The minimum absolute atomic E-state index is 0.000373. The zero-order chi connectivity index (χ0) is 20.1. The van der Waals surface area contributed by atoms with Gasteiger partial charge in [-0.05, 0) is 60.9 Å². The number of rotatable bonds is 5. The molecule has 2 amide bonds. The van der Waals surface area contributed by atoms with E-state index in [9.17, 15) is 9.59 Å². The summed E-state index contributed by atoms with van der Waals surface area (Å²) in [6.07, 6.45) is 1.76. The highest BCUT2D eigenvalue weighted by atomic mass is 16.5. The average molecular weight is 386 g/mol. The van der Waals surface area contributed by atoms with Crippen LogP contribution in [0, 0.1) is 0 Å². The van der Waals surface area contributed by atoms with Gasteiger partial charge in [-0.15, -0.1) is 0 Å². The predicted octanol–water partition coefficient (Wildman–Crippen LogP) is 4.30. The number of nitrogens with zero attached hydrogens (tertiary/aromatic N) is 1. The van der Waals surface area contributed by atoms with Gasteiger partial charge in [-0.1, -0.05) is 36.4 Å². The number of nitrogens with one attached hydrogen (secondary N) is 1. The molecule has 146 valence electrons. The quantitative estimate of drug-likeness (QED) is 0.711. The Morgan fingerprint density at radius 3 is 2.41 bits per heavy atom. The molecule has 5 heteroatoms. The van der Waals surface area contributed by atoms with Crippen LogP contribution in [0.25, 0.3) is 0 Å². The van der Waals surface area contributed by atoms with Crippen molar-refractivity contribution in [2.24, 2.45) is 0 Å². The second kappa shape index (κ2) is 8.61. The van der Waals surface area contributed by atoms with Gasteiger partial charge in [0.15, 0.2) is 6.61 Å². The zero-order valence-electron chi connectivity index (χ0n) is 16.0. The molecule has 5 nitrogen and oxygen atoms in total. The minimum atomic E-state index is -0.221. The highest BCUT2D eigenvalue weighted by molar-refractivity contribution is 6.07. The highest BCUT2D eigenvalue weighted by Crippen LogP contribution is 2.31. The number of hydrogen-bond donors (Lipinski definition) is 1. The molecule has 0 aliphatic carbocycles. The average Bonchev–Trinajstić information content (AvgIpc) is 2.78. The van der Waals surface area contributed by atoms with Crippen molar-refractivity contribution in [2.75, 3.05) is 23.4 Å². The van der Waals surface area contributed by atoms with E-state index in [2.05, 4.69) is 5.32 Å². The summed E-state index contributed by atoms with van der Waals surface area (Å²) in [7, 11) is 0. The Kier molecular flexibility index (Phi) is 5.56. The van der Waals surface area contributed by atoms with Crippen LogP contribution in [-0.2, 0) is 11.2 Å². The number of amides is 2. The van der Waals surface area contributed by atoms with Gasteiger partial charge in [-0.2, -0.15) is 0 Å². The molecule has 0 radical (unpaired) electrons. The van der Waals surface area contributed by atoms with E-state index >= 15 is 0 Å². The minimum Gasteiger partial charge on any atom is -0.484 e. The van der Waals surface area contributed by atoms with E-state index in [4.69, 9.17) is 4.74 Å². The number of hydrogen-bond acceptors (Lipinski definition) is 3. The molecule has 0 unspecified atom stereocenters. The third-order valence-electron chi connectivity index (χ3n) is 4.86. The molecule has 4 rings (SSSR count). The smallest absolute Gasteiger partial charge is 0.262 e. The van der Waals surface area contributed by atoms with Gasteiger partial charge < -0.3 is 15.0 Å². The fourth-order valence-corrected chi connectivity index (χ4v) is 3.49. The summed E-state index contributed by atoms with van der Waals surface area (Å²) in [5, 5.41) is 2.87. The number of ether oxygens (including phenoxy) is 1. The molecule has 1 aliphatic rings. The van der Waals surface area contributed by atoms with Gasteiger partial charge in [0.1, 0.15) is 5.75 Å². The molecule has 0 aromatic heterocycles. The maximum Gasteiger partial charge on any atom is 0.262 e. The highest BCUT2D eigenvalue weighted by Gasteiger charge is 2.23. The Bertz CT molecular complexity index is 1000. The van der Waals surface area contributed by atoms with E-state index < -0.39 is 0 Å². The van der Waals surface area contributed by atoms with E-state index in [1.807, 2.05) is 83.8 Å². The lowest BCUT2D eigenvalue weighted by molar-refractivity contribution is -0.118. The van der Waals surface area contributed by atoms with E-state index in [1.165, 1.54) is 0 Å². The van der Waals surface area contributed by atoms with Crippen molar-refractivity contribution >= 4 is 23.2 Å². The Labute approximate surface area is 169 Å². The van der Waals surface area contributed by atoms with E-state index in [-0.39, 0.29) is 18.4 Å². The lowest BCUT2D eigenvalue weighted by atomic mass is 10.00. The number of aryl methyl sites for hydroxylation is 1. The van der Waals surface area contributed by atoms with Gasteiger partial charge in [0.05, 0.1) is 0 Å². The molecule has 0 bridgehead atoms. The summed E-state index contributed by atoms with van der Waals surface area (Å²) < 4.78 is 5.49. The molecular formula is C24H22N2O3.